The van der Waals surface area contributed by atoms with E-state index in [1.54, 1.807) is 12.1 Å². The molecule has 2 aromatic rings. The third kappa shape index (κ3) is 10.2. The number of benzene rings is 2. The van der Waals surface area contributed by atoms with Crippen molar-refractivity contribution in [3.8, 4) is 5.75 Å². The molecular formula is C24H32N4O5. The normalized spacial score (nSPS) is 12.3. The molecular weight excluding hydrogens is 424 g/mol. The minimum Gasteiger partial charge on any atom is -0.491 e. The molecule has 0 aliphatic rings. The van der Waals surface area contributed by atoms with Crippen LogP contribution in [0, 0.1) is 6.92 Å². The summed E-state index contributed by atoms with van der Waals surface area (Å²) < 4.78 is 5.60. The molecule has 0 fully saturated rings. The Morgan fingerprint density at radius 2 is 1.67 bits per heavy atom. The number of amides is 3. The highest BCUT2D eigenvalue weighted by molar-refractivity contribution is 5.91. The van der Waals surface area contributed by atoms with Crippen LogP contribution in [0.5, 0.6) is 5.75 Å². The van der Waals surface area contributed by atoms with Gasteiger partial charge in [-0.1, -0.05) is 48.5 Å². The van der Waals surface area contributed by atoms with Gasteiger partial charge in [0.2, 0.25) is 11.8 Å². The maximum atomic E-state index is 12.4. The van der Waals surface area contributed by atoms with E-state index in [-0.39, 0.29) is 32.0 Å². The standard InChI is InChI=1S/C24H32N4O5/c1-17-8-6-7-11-21(17)33-16-20(30)15-25-12-13-26-24(32)23(27-18(2)29)28-22(31)14-19-9-4-3-5-10-19/h3-11,20,23,25,30H,12-16H2,1-2H3,(H,26,32)(H,27,29)(H,28,31). The molecule has 0 aliphatic carbocycles. The second kappa shape index (κ2) is 13.9. The summed E-state index contributed by atoms with van der Waals surface area (Å²) in [5, 5.41) is 20.7. The summed E-state index contributed by atoms with van der Waals surface area (Å²) in [6.45, 7) is 4.26. The summed E-state index contributed by atoms with van der Waals surface area (Å²) in [4.78, 5) is 36.1. The number of para-hydroxylation sites is 1. The highest BCUT2D eigenvalue weighted by Crippen LogP contribution is 2.16. The summed E-state index contributed by atoms with van der Waals surface area (Å²) in [5.74, 6) is -0.631. The zero-order valence-electron chi connectivity index (χ0n) is 19.0. The molecule has 0 spiro atoms. The Hall–Kier alpha value is -3.43. The molecule has 2 unspecified atom stereocenters. The van der Waals surface area contributed by atoms with Gasteiger partial charge >= 0.3 is 0 Å². The second-order valence-corrected chi connectivity index (χ2v) is 7.59. The summed E-state index contributed by atoms with van der Waals surface area (Å²) in [6, 6.07) is 16.7. The number of hydrogen-bond donors (Lipinski definition) is 5. The average Bonchev–Trinajstić information content (AvgIpc) is 2.78. The Bertz CT molecular complexity index is 907. The maximum Gasteiger partial charge on any atom is 0.263 e. The van der Waals surface area contributed by atoms with Crippen LogP contribution in [0.3, 0.4) is 0 Å². The first kappa shape index (κ1) is 25.8. The molecule has 2 rings (SSSR count). The van der Waals surface area contributed by atoms with Gasteiger partial charge in [0.15, 0.2) is 6.17 Å². The molecule has 3 amide bonds. The first-order valence-corrected chi connectivity index (χ1v) is 10.8. The minimum absolute atomic E-state index is 0.0915. The van der Waals surface area contributed by atoms with Crippen molar-refractivity contribution in [2.45, 2.75) is 32.5 Å². The van der Waals surface area contributed by atoms with E-state index in [1.165, 1.54) is 6.92 Å². The maximum absolute atomic E-state index is 12.4. The number of aliphatic hydroxyl groups excluding tert-OH is 1. The highest BCUT2D eigenvalue weighted by Gasteiger charge is 2.21. The molecule has 0 aromatic heterocycles. The Labute approximate surface area is 193 Å². The molecule has 0 heterocycles. The van der Waals surface area contributed by atoms with Crippen molar-refractivity contribution in [3.63, 3.8) is 0 Å². The molecule has 178 valence electrons. The average molecular weight is 457 g/mol. The number of hydrogen-bond acceptors (Lipinski definition) is 6. The fourth-order valence-corrected chi connectivity index (χ4v) is 2.97. The van der Waals surface area contributed by atoms with Crippen LogP contribution in [0.2, 0.25) is 0 Å². The van der Waals surface area contributed by atoms with E-state index in [4.69, 9.17) is 4.74 Å². The topological polar surface area (TPSA) is 129 Å². The van der Waals surface area contributed by atoms with Crippen LogP contribution >= 0.6 is 0 Å². The lowest BCUT2D eigenvalue weighted by molar-refractivity contribution is -0.132. The predicted molar refractivity (Wildman–Crippen MR) is 124 cm³/mol. The number of aryl methyl sites for hydroxylation is 1. The van der Waals surface area contributed by atoms with Gasteiger partial charge < -0.3 is 31.1 Å². The Kier molecular flexibility index (Phi) is 10.9. The van der Waals surface area contributed by atoms with Crippen LogP contribution in [0.15, 0.2) is 54.6 Å². The van der Waals surface area contributed by atoms with Crippen LogP contribution in [-0.4, -0.2) is 61.3 Å². The zero-order valence-corrected chi connectivity index (χ0v) is 19.0. The summed E-state index contributed by atoms with van der Waals surface area (Å²) in [7, 11) is 0. The number of ether oxygens (including phenoxy) is 1. The van der Waals surface area contributed by atoms with Crippen LogP contribution < -0.4 is 26.0 Å². The Morgan fingerprint density at radius 1 is 0.970 bits per heavy atom. The first-order chi connectivity index (χ1) is 15.8. The van der Waals surface area contributed by atoms with Crippen molar-refractivity contribution in [3.05, 3.63) is 65.7 Å². The SMILES string of the molecule is CC(=O)NC(NC(=O)Cc1ccccc1)C(=O)NCCNCC(O)COc1ccccc1C. The van der Waals surface area contributed by atoms with Gasteiger partial charge in [0.1, 0.15) is 18.5 Å². The first-order valence-electron chi connectivity index (χ1n) is 10.8. The lowest BCUT2D eigenvalue weighted by atomic mass is 10.1. The smallest absolute Gasteiger partial charge is 0.263 e. The Morgan fingerprint density at radius 3 is 2.36 bits per heavy atom. The largest absolute Gasteiger partial charge is 0.491 e. The fourth-order valence-electron chi connectivity index (χ4n) is 2.97. The van der Waals surface area contributed by atoms with E-state index in [1.807, 2.05) is 49.4 Å². The molecule has 0 bridgehead atoms. The molecule has 0 saturated heterocycles. The zero-order chi connectivity index (χ0) is 24.1. The van der Waals surface area contributed by atoms with Gasteiger partial charge in [0.25, 0.3) is 5.91 Å². The van der Waals surface area contributed by atoms with Crippen LogP contribution in [0.4, 0.5) is 0 Å². The molecule has 0 aliphatic heterocycles. The van der Waals surface area contributed by atoms with Crippen molar-refractivity contribution < 1.29 is 24.2 Å². The van der Waals surface area contributed by atoms with E-state index in [0.717, 1.165) is 16.9 Å². The van der Waals surface area contributed by atoms with Gasteiger partial charge in [0, 0.05) is 26.6 Å². The van der Waals surface area contributed by atoms with Crippen LogP contribution in [0.25, 0.3) is 0 Å². The second-order valence-electron chi connectivity index (χ2n) is 7.59. The molecule has 0 saturated carbocycles. The number of nitrogens with one attached hydrogen (secondary N) is 4. The van der Waals surface area contributed by atoms with Crippen molar-refractivity contribution in [2.75, 3.05) is 26.2 Å². The number of rotatable bonds is 13. The fraction of sp³-hybridized carbons (Fsp3) is 0.375. The van der Waals surface area contributed by atoms with E-state index in [0.29, 0.717) is 6.54 Å². The van der Waals surface area contributed by atoms with Gasteiger partial charge in [0.05, 0.1) is 6.42 Å². The molecule has 5 N–H and O–H groups in total. The van der Waals surface area contributed by atoms with E-state index in [2.05, 4.69) is 21.3 Å². The van der Waals surface area contributed by atoms with Crippen molar-refractivity contribution >= 4 is 17.7 Å². The molecule has 9 nitrogen and oxygen atoms in total. The molecule has 0 radical (unpaired) electrons. The molecule has 2 atom stereocenters. The van der Waals surface area contributed by atoms with Crippen molar-refractivity contribution in [1.82, 2.24) is 21.3 Å². The number of carbonyl (C=O) groups is 3. The van der Waals surface area contributed by atoms with Gasteiger partial charge in [-0.15, -0.1) is 0 Å². The third-order valence-corrected chi connectivity index (χ3v) is 4.63. The van der Waals surface area contributed by atoms with Gasteiger partial charge in [-0.05, 0) is 24.1 Å². The van der Waals surface area contributed by atoms with Crippen molar-refractivity contribution in [2.24, 2.45) is 0 Å². The highest BCUT2D eigenvalue weighted by atomic mass is 16.5. The lowest BCUT2D eigenvalue weighted by Gasteiger charge is -2.19. The molecule has 2 aromatic carbocycles. The van der Waals surface area contributed by atoms with Gasteiger partial charge in [-0.3, -0.25) is 14.4 Å². The van der Waals surface area contributed by atoms with Crippen LogP contribution in [-0.2, 0) is 20.8 Å². The van der Waals surface area contributed by atoms with Gasteiger partial charge in [-0.2, -0.15) is 0 Å². The van der Waals surface area contributed by atoms with E-state index >= 15 is 0 Å². The van der Waals surface area contributed by atoms with Gasteiger partial charge in [-0.25, -0.2) is 0 Å². The minimum atomic E-state index is -1.17. The lowest BCUT2D eigenvalue weighted by Crippen LogP contribution is -2.57. The number of carbonyl (C=O) groups excluding carboxylic acids is 3. The molecule has 33 heavy (non-hydrogen) atoms. The van der Waals surface area contributed by atoms with Crippen molar-refractivity contribution in [1.29, 1.82) is 0 Å². The predicted octanol–water partition coefficient (Wildman–Crippen LogP) is 0.262. The quantitative estimate of drug-likeness (QED) is 0.217. The van der Waals surface area contributed by atoms with E-state index < -0.39 is 24.1 Å². The summed E-state index contributed by atoms with van der Waals surface area (Å²) in [6.07, 6.45) is -1.80. The Balaban J connectivity index is 1.68. The summed E-state index contributed by atoms with van der Waals surface area (Å²) >= 11 is 0. The number of aliphatic hydroxyl groups is 1. The molecule has 9 heteroatoms. The third-order valence-electron chi connectivity index (χ3n) is 4.63. The van der Waals surface area contributed by atoms with E-state index in [9.17, 15) is 19.5 Å². The monoisotopic (exact) mass is 456 g/mol. The van der Waals surface area contributed by atoms with Crippen LogP contribution in [0.1, 0.15) is 18.1 Å². The summed E-state index contributed by atoms with van der Waals surface area (Å²) in [5.41, 5.74) is 1.79.